The standard InChI is InChI=1S/C46H57N7O10/c1-26(58-3)37(50-44(56)60-5)42(54)52-20-8-11-35(52)40-33-10-7-9-32(33)39(49-40)31-18-14-29(15-19-31)28-12-16-30(17-13-28)34-24-47-41(48-34)36-23-46(62-21-22-63-46)25-53(36)43(55)38(27(2)59-4)51-45(57)61-6/h12-19,24,26-27,35-38,49H,7-11,20-23,25H2,1-6H3,(H,47,48)(H,50,56)(H,51,57)/t26-,27-,35+,36+,37?,38+/m1/s1. The molecule has 336 valence electrons. The summed E-state index contributed by atoms with van der Waals surface area (Å²) in [5.41, 5.74) is 9.66. The van der Waals surface area contributed by atoms with Crippen LogP contribution in [0.2, 0.25) is 0 Å². The van der Waals surface area contributed by atoms with Gasteiger partial charge in [0, 0.05) is 38.6 Å². The summed E-state index contributed by atoms with van der Waals surface area (Å²) in [4.78, 5) is 67.9. The molecule has 0 saturated carbocycles. The van der Waals surface area contributed by atoms with Crippen molar-refractivity contribution in [2.45, 2.75) is 94.5 Å². The molecule has 17 nitrogen and oxygen atoms in total. The van der Waals surface area contributed by atoms with Crippen molar-refractivity contribution < 1.29 is 47.6 Å². The number of carbonyl (C=O) groups excluding carboxylic acids is 4. The minimum absolute atomic E-state index is 0.133. The predicted octanol–water partition coefficient (Wildman–Crippen LogP) is 5.43. The van der Waals surface area contributed by atoms with Gasteiger partial charge in [-0.25, -0.2) is 14.6 Å². The van der Waals surface area contributed by atoms with Crippen molar-refractivity contribution in [2.24, 2.45) is 0 Å². The maximum absolute atomic E-state index is 14.1. The first-order chi connectivity index (χ1) is 30.5. The molecule has 3 fully saturated rings. The number of likely N-dealkylation sites (tertiary alicyclic amines) is 2. The zero-order valence-corrected chi connectivity index (χ0v) is 36.7. The Kier molecular flexibility index (Phi) is 12.9. The third-order valence-electron chi connectivity index (χ3n) is 13.1. The van der Waals surface area contributed by atoms with Crippen LogP contribution in [0.4, 0.5) is 9.59 Å². The van der Waals surface area contributed by atoms with E-state index in [2.05, 4.69) is 57.0 Å². The number of amides is 4. The van der Waals surface area contributed by atoms with Gasteiger partial charge in [0.05, 0.1) is 70.2 Å². The first-order valence-corrected chi connectivity index (χ1v) is 21.6. The summed E-state index contributed by atoms with van der Waals surface area (Å²) in [7, 11) is 5.53. The van der Waals surface area contributed by atoms with Gasteiger partial charge in [0.25, 0.3) is 0 Å². The molecule has 5 heterocycles. The Morgan fingerprint density at radius 1 is 0.730 bits per heavy atom. The number of benzene rings is 2. The number of hydrogen-bond acceptors (Lipinski definition) is 11. The van der Waals surface area contributed by atoms with Crippen LogP contribution in [0.5, 0.6) is 0 Å². The minimum Gasteiger partial charge on any atom is -0.453 e. The van der Waals surface area contributed by atoms with E-state index in [-0.39, 0.29) is 24.4 Å². The lowest BCUT2D eigenvalue weighted by atomic mass is 9.99. The maximum Gasteiger partial charge on any atom is 0.407 e. The summed E-state index contributed by atoms with van der Waals surface area (Å²) >= 11 is 0. The van der Waals surface area contributed by atoms with Gasteiger partial charge in [0.1, 0.15) is 17.9 Å². The summed E-state index contributed by atoms with van der Waals surface area (Å²) in [6, 6.07) is 14.2. The Hall–Kier alpha value is -5.75. The monoisotopic (exact) mass is 867 g/mol. The number of nitrogens with one attached hydrogen (secondary N) is 4. The average molecular weight is 868 g/mol. The molecule has 0 bridgehead atoms. The Morgan fingerprint density at radius 2 is 1.29 bits per heavy atom. The van der Waals surface area contributed by atoms with Crippen molar-refractivity contribution >= 4 is 24.0 Å². The summed E-state index contributed by atoms with van der Waals surface area (Å²) in [6.07, 6.45) is 4.18. The van der Waals surface area contributed by atoms with Crippen LogP contribution in [0.25, 0.3) is 33.6 Å². The third kappa shape index (κ3) is 8.66. The van der Waals surface area contributed by atoms with Crippen molar-refractivity contribution in [3.63, 3.8) is 0 Å². The fraction of sp³-hybridized carbons (Fsp3) is 0.500. The van der Waals surface area contributed by atoms with Gasteiger partial charge in [-0.15, -0.1) is 0 Å². The number of aromatic amines is 2. The summed E-state index contributed by atoms with van der Waals surface area (Å²) < 4.78 is 32.6. The molecule has 17 heteroatoms. The lowest BCUT2D eigenvalue weighted by Gasteiger charge is -2.31. The number of aromatic nitrogens is 3. The number of alkyl carbamates (subject to hydrolysis) is 2. The van der Waals surface area contributed by atoms with Gasteiger partial charge in [0.2, 0.25) is 11.8 Å². The van der Waals surface area contributed by atoms with Gasteiger partial charge in [0.15, 0.2) is 5.79 Å². The van der Waals surface area contributed by atoms with Crippen molar-refractivity contribution in [1.29, 1.82) is 0 Å². The van der Waals surface area contributed by atoms with Crippen molar-refractivity contribution in [3.8, 4) is 33.6 Å². The number of hydrogen-bond donors (Lipinski definition) is 4. The van der Waals surface area contributed by atoms with Crippen LogP contribution >= 0.6 is 0 Å². The molecule has 4 N–H and O–H groups in total. The van der Waals surface area contributed by atoms with Crippen LogP contribution in [-0.2, 0) is 50.9 Å². The van der Waals surface area contributed by atoms with Gasteiger partial charge in [-0.2, -0.15) is 0 Å². The number of rotatable bonds is 13. The number of fused-ring (bicyclic) bond motifs is 1. The van der Waals surface area contributed by atoms with Gasteiger partial charge in [-0.3, -0.25) is 9.59 Å². The van der Waals surface area contributed by atoms with Gasteiger partial charge >= 0.3 is 12.2 Å². The highest BCUT2D eigenvalue weighted by molar-refractivity contribution is 5.88. The van der Waals surface area contributed by atoms with Gasteiger partial charge in [-0.1, -0.05) is 48.5 Å². The van der Waals surface area contributed by atoms with Crippen LogP contribution in [0.15, 0.2) is 54.7 Å². The summed E-state index contributed by atoms with van der Waals surface area (Å²) in [6.45, 7) is 5.06. The Morgan fingerprint density at radius 3 is 1.87 bits per heavy atom. The smallest absolute Gasteiger partial charge is 0.407 e. The van der Waals surface area contributed by atoms with E-state index >= 15 is 0 Å². The van der Waals surface area contributed by atoms with Crippen molar-refractivity contribution in [2.75, 3.05) is 54.7 Å². The fourth-order valence-corrected chi connectivity index (χ4v) is 9.57. The van der Waals surface area contributed by atoms with Crippen LogP contribution in [0.1, 0.15) is 74.3 Å². The molecule has 1 spiro atoms. The Balaban J connectivity index is 0.986. The molecule has 63 heavy (non-hydrogen) atoms. The highest BCUT2D eigenvalue weighted by atomic mass is 16.7. The number of carbonyl (C=O) groups is 4. The summed E-state index contributed by atoms with van der Waals surface area (Å²) in [5.74, 6) is -0.954. The molecule has 4 amide bonds. The molecular weight excluding hydrogens is 811 g/mol. The normalized spacial score (nSPS) is 20.9. The molecule has 1 unspecified atom stereocenters. The average Bonchev–Trinajstić information content (AvgIpc) is 4.18. The van der Waals surface area contributed by atoms with E-state index in [1.807, 2.05) is 17.0 Å². The Bertz CT molecular complexity index is 2290. The number of methoxy groups -OCH3 is 4. The Labute approximate surface area is 366 Å². The van der Waals surface area contributed by atoms with E-state index < -0.39 is 48.3 Å². The van der Waals surface area contributed by atoms with E-state index in [1.54, 1.807) is 24.9 Å². The van der Waals surface area contributed by atoms with E-state index in [0.29, 0.717) is 32.0 Å². The predicted molar refractivity (Wildman–Crippen MR) is 230 cm³/mol. The van der Waals surface area contributed by atoms with Crippen molar-refractivity contribution in [3.05, 3.63) is 77.4 Å². The molecular formula is C46H57N7O10. The SMILES string of the molecule is COC(=O)NC(C(=O)N1CCC[C@H]1c1[nH]c(-c2ccc(-c3ccc(-c4cnc([C@@H]5CC6(CN5C(=O)[C@@H](NC(=O)OC)[C@@H](C)OC)OCCO6)[nH]4)cc3)cc2)c2c1CCC2)[C@@H](C)OC. The second-order valence-corrected chi connectivity index (χ2v) is 16.7. The van der Waals surface area contributed by atoms with E-state index in [1.165, 1.54) is 39.6 Å². The van der Waals surface area contributed by atoms with Crippen LogP contribution in [-0.4, -0.2) is 134 Å². The first-order valence-electron chi connectivity index (χ1n) is 21.6. The lowest BCUT2D eigenvalue weighted by Crippen LogP contribution is -2.54. The maximum atomic E-state index is 14.1. The molecule has 6 atom stereocenters. The van der Waals surface area contributed by atoms with Gasteiger partial charge in [-0.05, 0) is 79.3 Å². The molecule has 1 aliphatic carbocycles. The fourth-order valence-electron chi connectivity index (χ4n) is 9.57. The molecule has 2 aromatic heterocycles. The highest BCUT2D eigenvalue weighted by Crippen LogP contribution is 2.44. The first kappa shape index (κ1) is 43.9. The third-order valence-corrected chi connectivity index (χ3v) is 13.1. The number of ether oxygens (including phenoxy) is 6. The summed E-state index contributed by atoms with van der Waals surface area (Å²) in [5, 5.41) is 5.32. The molecule has 8 rings (SSSR count). The van der Waals surface area contributed by atoms with E-state index in [4.69, 9.17) is 33.4 Å². The van der Waals surface area contributed by atoms with Gasteiger partial charge < -0.3 is 58.8 Å². The molecule has 3 aliphatic heterocycles. The highest BCUT2D eigenvalue weighted by Gasteiger charge is 2.53. The largest absolute Gasteiger partial charge is 0.453 e. The topological polar surface area (TPSA) is 199 Å². The lowest BCUT2D eigenvalue weighted by molar-refractivity contribution is -0.154. The van der Waals surface area contributed by atoms with Crippen molar-refractivity contribution in [1.82, 2.24) is 35.4 Å². The van der Waals surface area contributed by atoms with E-state index in [9.17, 15) is 19.2 Å². The molecule has 3 saturated heterocycles. The number of imidazole rings is 1. The number of nitrogens with zero attached hydrogens (tertiary/aromatic N) is 3. The minimum atomic E-state index is -1.01. The molecule has 0 radical (unpaired) electrons. The number of H-pyrrole nitrogens is 2. The van der Waals surface area contributed by atoms with Crippen LogP contribution < -0.4 is 10.6 Å². The molecule has 2 aromatic carbocycles. The van der Waals surface area contributed by atoms with Crippen LogP contribution in [0.3, 0.4) is 0 Å². The van der Waals surface area contributed by atoms with Crippen LogP contribution in [0, 0.1) is 0 Å². The zero-order valence-electron chi connectivity index (χ0n) is 36.7. The molecule has 4 aromatic rings. The second-order valence-electron chi connectivity index (χ2n) is 16.7. The quantitative estimate of drug-likeness (QED) is 0.134. The van der Waals surface area contributed by atoms with E-state index in [0.717, 1.165) is 71.4 Å². The zero-order chi connectivity index (χ0) is 44.4. The second kappa shape index (κ2) is 18.5. The molecule has 4 aliphatic rings.